The molecule has 0 aliphatic heterocycles. The van der Waals surface area contributed by atoms with Crippen molar-refractivity contribution in [3.8, 4) is 6.07 Å². The van der Waals surface area contributed by atoms with Crippen LogP contribution < -0.4 is 0 Å². The molecular formula is C9H5BrN2O2. The van der Waals surface area contributed by atoms with E-state index in [0.717, 1.165) is 0 Å². The summed E-state index contributed by atoms with van der Waals surface area (Å²) in [5.41, 5.74) is 0.394. The van der Waals surface area contributed by atoms with E-state index in [1.54, 1.807) is 18.2 Å². The monoisotopic (exact) mass is 252 g/mol. The molecule has 0 unspecified atom stereocenters. The molecule has 0 spiro atoms. The van der Waals surface area contributed by atoms with E-state index in [4.69, 9.17) is 5.26 Å². The summed E-state index contributed by atoms with van der Waals surface area (Å²) in [4.78, 5) is 10.1. The van der Waals surface area contributed by atoms with Gasteiger partial charge in [-0.15, -0.1) is 0 Å². The van der Waals surface area contributed by atoms with E-state index in [-0.39, 0.29) is 5.69 Å². The van der Waals surface area contributed by atoms with Gasteiger partial charge in [-0.2, -0.15) is 5.26 Å². The van der Waals surface area contributed by atoms with E-state index in [9.17, 15) is 10.1 Å². The third-order valence-electron chi connectivity index (χ3n) is 1.53. The zero-order valence-electron chi connectivity index (χ0n) is 6.98. The highest BCUT2D eigenvalue weighted by Gasteiger charge is 2.11. The number of nitrogens with zero attached hydrogens (tertiary/aromatic N) is 2. The molecular weight excluding hydrogens is 248 g/mol. The average Bonchev–Trinajstić information content (AvgIpc) is 2.15. The molecule has 1 aromatic rings. The molecule has 1 aromatic carbocycles. The first-order chi connectivity index (χ1) is 6.65. The van der Waals surface area contributed by atoms with Crippen molar-refractivity contribution in [1.82, 2.24) is 0 Å². The van der Waals surface area contributed by atoms with Crippen LogP contribution in [-0.2, 0) is 0 Å². The Kier molecular flexibility index (Phi) is 3.37. The van der Waals surface area contributed by atoms with Crippen LogP contribution in [0.5, 0.6) is 0 Å². The van der Waals surface area contributed by atoms with Crippen molar-refractivity contribution < 1.29 is 4.92 Å². The molecule has 70 valence electrons. The fraction of sp³-hybridized carbons (Fsp3) is 0. The summed E-state index contributed by atoms with van der Waals surface area (Å²) in [5.74, 6) is 0. The van der Waals surface area contributed by atoms with Crippen LogP contribution in [0, 0.1) is 21.4 Å². The lowest BCUT2D eigenvalue weighted by molar-refractivity contribution is -0.385. The largest absolute Gasteiger partial charge is 0.277 e. The average molecular weight is 253 g/mol. The SMILES string of the molecule is N#CC=Cc1ccc(Br)cc1[N+](=O)[O-]. The van der Waals surface area contributed by atoms with E-state index in [0.29, 0.717) is 10.0 Å². The van der Waals surface area contributed by atoms with E-state index >= 15 is 0 Å². The molecule has 0 heterocycles. The summed E-state index contributed by atoms with van der Waals surface area (Å²) >= 11 is 3.14. The fourth-order valence-corrected chi connectivity index (χ4v) is 1.29. The molecule has 0 aromatic heterocycles. The number of allylic oxidation sites excluding steroid dienone is 1. The highest BCUT2D eigenvalue weighted by atomic mass is 79.9. The third kappa shape index (κ3) is 2.41. The number of nitro benzene ring substituents is 1. The van der Waals surface area contributed by atoms with Crippen molar-refractivity contribution in [1.29, 1.82) is 5.26 Å². The van der Waals surface area contributed by atoms with Gasteiger partial charge in [0.15, 0.2) is 0 Å². The maximum atomic E-state index is 10.6. The Labute approximate surface area is 88.7 Å². The number of nitriles is 1. The van der Waals surface area contributed by atoms with Crippen LogP contribution in [0.1, 0.15) is 5.56 Å². The predicted molar refractivity (Wildman–Crippen MR) is 55.4 cm³/mol. The van der Waals surface area contributed by atoms with Gasteiger partial charge in [0.1, 0.15) is 0 Å². The van der Waals surface area contributed by atoms with E-state index in [1.165, 1.54) is 18.2 Å². The van der Waals surface area contributed by atoms with Gasteiger partial charge in [0.25, 0.3) is 5.69 Å². The van der Waals surface area contributed by atoms with Gasteiger partial charge in [0, 0.05) is 16.6 Å². The van der Waals surface area contributed by atoms with E-state index in [1.807, 2.05) is 0 Å². The maximum Gasteiger partial charge on any atom is 0.277 e. The number of halogens is 1. The zero-order valence-corrected chi connectivity index (χ0v) is 8.56. The lowest BCUT2D eigenvalue weighted by Gasteiger charge is -1.97. The first-order valence-electron chi connectivity index (χ1n) is 3.65. The van der Waals surface area contributed by atoms with Gasteiger partial charge in [-0.05, 0) is 18.2 Å². The van der Waals surface area contributed by atoms with Gasteiger partial charge < -0.3 is 0 Å². The van der Waals surface area contributed by atoms with Crippen molar-refractivity contribution in [2.24, 2.45) is 0 Å². The smallest absolute Gasteiger partial charge is 0.258 e. The van der Waals surface area contributed by atoms with Gasteiger partial charge in [0.2, 0.25) is 0 Å². The molecule has 5 heteroatoms. The Morgan fingerprint density at radius 1 is 1.57 bits per heavy atom. The summed E-state index contributed by atoms with van der Waals surface area (Å²) in [6.45, 7) is 0. The number of hydrogen-bond acceptors (Lipinski definition) is 3. The van der Waals surface area contributed by atoms with Crippen molar-refractivity contribution in [3.05, 3.63) is 44.4 Å². The minimum atomic E-state index is -0.484. The number of benzene rings is 1. The molecule has 0 N–H and O–H groups in total. The molecule has 1 rings (SSSR count). The summed E-state index contributed by atoms with van der Waals surface area (Å²) in [6, 6.07) is 6.45. The van der Waals surface area contributed by atoms with Crippen LogP contribution in [0.25, 0.3) is 6.08 Å². The molecule has 0 amide bonds. The predicted octanol–water partition coefficient (Wildman–Crippen LogP) is 2.89. The van der Waals surface area contributed by atoms with Crippen LogP contribution in [-0.4, -0.2) is 4.92 Å². The Bertz CT molecular complexity index is 435. The van der Waals surface area contributed by atoms with Crippen LogP contribution >= 0.6 is 15.9 Å². The molecule has 0 radical (unpaired) electrons. The second kappa shape index (κ2) is 4.53. The number of nitro groups is 1. The van der Waals surface area contributed by atoms with Crippen LogP contribution in [0.2, 0.25) is 0 Å². The summed E-state index contributed by atoms with van der Waals surface area (Å²) < 4.78 is 0.637. The van der Waals surface area contributed by atoms with E-state index < -0.39 is 4.92 Å². The second-order valence-electron chi connectivity index (χ2n) is 2.42. The molecule has 0 fully saturated rings. The Morgan fingerprint density at radius 2 is 2.29 bits per heavy atom. The molecule has 0 saturated heterocycles. The van der Waals surface area contributed by atoms with Crippen molar-refractivity contribution in [2.75, 3.05) is 0 Å². The standard InChI is InChI=1S/C9H5BrN2O2/c10-8-4-3-7(2-1-5-11)9(6-8)12(13)14/h1-4,6H. The van der Waals surface area contributed by atoms with Gasteiger partial charge >= 0.3 is 0 Å². The first kappa shape index (κ1) is 10.4. The second-order valence-corrected chi connectivity index (χ2v) is 3.34. The Balaban J connectivity index is 3.23. The van der Waals surface area contributed by atoms with Crippen LogP contribution in [0.15, 0.2) is 28.7 Å². The first-order valence-corrected chi connectivity index (χ1v) is 4.44. The molecule has 0 aliphatic rings. The minimum Gasteiger partial charge on any atom is -0.258 e. The summed E-state index contributed by atoms with van der Waals surface area (Å²) in [6.07, 6.45) is 2.61. The Morgan fingerprint density at radius 3 is 2.86 bits per heavy atom. The van der Waals surface area contributed by atoms with Gasteiger partial charge in [0.05, 0.1) is 16.6 Å². The number of rotatable bonds is 2. The molecule has 0 atom stereocenters. The normalized spacial score (nSPS) is 10.0. The molecule has 0 bridgehead atoms. The van der Waals surface area contributed by atoms with Gasteiger partial charge in [-0.3, -0.25) is 10.1 Å². The van der Waals surface area contributed by atoms with E-state index in [2.05, 4.69) is 15.9 Å². The highest BCUT2D eigenvalue weighted by Crippen LogP contribution is 2.24. The third-order valence-corrected chi connectivity index (χ3v) is 2.02. The summed E-state index contributed by atoms with van der Waals surface area (Å²) in [7, 11) is 0. The molecule has 14 heavy (non-hydrogen) atoms. The van der Waals surface area contributed by atoms with Crippen molar-refractivity contribution in [3.63, 3.8) is 0 Å². The lowest BCUT2D eigenvalue weighted by Crippen LogP contribution is -1.90. The van der Waals surface area contributed by atoms with Crippen molar-refractivity contribution >= 4 is 27.7 Å². The highest BCUT2D eigenvalue weighted by molar-refractivity contribution is 9.10. The molecule has 4 nitrogen and oxygen atoms in total. The van der Waals surface area contributed by atoms with Gasteiger partial charge in [-0.1, -0.05) is 15.9 Å². The topological polar surface area (TPSA) is 66.9 Å². The fourth-order valence-electron chi connectivity index (χ4n) is 0.943. The quantitative estimate of drug-likeness (QED) is 0.462. The van der Waals surface area contributed by atoms with Gasteiger partial charge in [-0.25, -0.2) is 0 Å². The van der Waals surface area contributed by atoms with Crippen LogP contribution in [0.4, 0.5) is 5.69 Å². The van der Waals surface area contributed by atoms with Crippen LogP contribution in [0.3, 0.4) is 0 Å². The maximum absolute atomic E-state index is 10.6. The molecule has 0 aliphatic carbocycles. The minimum absolute atomic E-state index is 0.0223. The lowest BCUT2D eigenvalue weighted by atomic mass is 10.2. The zero-order chi connectivity index (χ0) is 10.6. The molecule has 0 saturated carbocycles. The number of hydrogen-bond donors (Lipinski definition) is 0. The summed E-state index contributed by atoms with van der Waals surface area (Å²) in [5, 5.41) is 18.9. The van der Waals surface area contributed by atoms with Crippen molar-refractivity contribution in [2.45, 2.75) is 0 Å². The Hall–Kier alpha value is -1.67.